The number of amides is 1. The van der Waals surface area contributed by atoms with Gasteiger partial charge in [-0.15, -0.1) is 0 Å². The maximum atomic E-state index is 12.2. The number of pyridine rings is 1. The van der Waals surface area contributed by atoms with Crippen molar-refractivity contribution in [3.8, 4) is 0 Å². The monoisotopic (exact) mass is 337 g/mol. The highest BCUT2D eigenvalue weighted by Crippen LogP contribution is 2.25. The molecule has 2 aliphatic rings. The van der Waals surface area contributed by atoms with E-state index in [0.29, 0.717) is 19.8 Å². The third-order valence-electron chi connectivity index (χ3n) is 5.05. The number of aromatic nitrogens is 1. The molecule has 0 saturated carbocycles. The first-order valence-electron chi connectivity index (χ1n) is 8.92. The van der Waals surface area contributed by atoms with Crippen molar-refractivity contribution in [3.05, 3.63) is 59.3 Å². The molecule has 0 unspecified atom stereocenters. The van der Waals surface area contributed by atoms with Gasteiger partial charge in [-0.3, -0.25) is 4.79 Å². The predicted molar refractivity (Wildman–Crippen MR) is 96.2 cm³/mol. The van der Waals surface area contributed by atoms with Crippen LogP contribution in [0.2, 0.25) is 0 Å². The third kappa shape index (κ3) is 3.51. The largest absolute Gasteiger partial charge is 0.381 e. The predicted octanol–water partition coefficient (Wildman–Crippen LogP) is 2.30. The minimum atomic E-state index is -0.0121. The number of carbonyl (C=O) groups is 1. The Morgan fingerprint density at radius 2 is 2.12 bits per heavy atom. The summed E-state index contributed by atoms with van der Waals surface area (Å²) in [6.07, 6.45) is 3.67. The van der Waals surface area contributed by atoms with Crippen LogP contribution in [0.25, 0.3) is 0 Å². The topological polar surface area (TPSA) is 54.5 Å². The number of carbonyl (C=O) groups excluding carboxylic acids is 1. The summed E-state index contributed by atoms with van der Waals surface area (Å²) in [7, 11) is 0. The molecule has 2 aromatic rings. The highest BCUT2D eigenvalue weighted by molar-refractivity contribution is 5.79. The van der Waals surface area contributed by atoms with E-state index in [2.05, 4.69) is 39.5 Å². The number of hydrogen-bond acceptors (Lipinski definition) is 4. The first-order chi connectivity index (χ1) is 12.3. The Hall–Kier alpha value is -2.40. The Bertz CT molecular complexity index is 756. The molecule has 0 radical (unpaired) electrons. The van der Waals surface area contributed by atoms with Crippen molar-refractivity contribution in [2.24, 2.45) is 5.92 Å². The smallest absolute Gasteiger partial charge is 0.225 e. The molecule has 0 bridgehead atoms. The number of nitrogens with one attached hydrogen (secondary N) is 1. The van der Waals surface area contributed by atoms with Crippen molar-refractivity contribution in [1.29, 1.82) is 0 Å². The van der Waals surface area contributed by atoms with Gasteiger partial charge in [0.2, 0.25) is 5.91 Å². The van der Waals surface area contributed by atoms with Crippen LogP contribution in [0.4, 0.5) is 5.82 Å². The van der Waals surface area contributed by atoms with E-state index in [1.54, 1.807) is 0 Å². The van der Waals surface area contributed by atoms with Gasteiger partial charge in [0.25, 0.3) is 0 Å². The summed E-state index contributed by atoms with van der Waals surface area (Å²) in [6.45, 7) is 3.55. The maximum absolute atomic E-state index is 12.2. The molecule has 5 heteroatoms. The first kappa shape index (κ1) is 16.1. The molecule has 2 aliphatic heterocycles. The molecule has 1 saturated heterocycles. The van der Waals surface area contributed by atoms with Gasteiger partial charge in [-0.05, 0) is 30.0 Å². The van der Waals surface area contributed by atoms with Crippen LogP contribution in [0.5, 0.6) is 0 Å². The minimum absolute atomic E-state index is 0.0121. The molecule has 1 amide bonds. The van der Waals surface area contributed by atoms with Gasteiger partial charge < -0.3 is 15.0 Å². The zero-order valence-electron chi connectivity index (χ0n) is 14.3. The van der Waals surface area contributed by atoms with Crippen LogP contribution in [0.15, 0.2) is 42.6 Å². The van der Waals surface area contributed by atoms with E-state index >= 15 is 0 Å². The fourth-order valence-electron chi connectivity index (χ4n) is 3.60. The van der Waals surface area contributed by atoms with E-state index in [0.717, 1.165) is 37.3 Å². The Balaban J connectivity index is 1.47. The van der Waals surface area contributed by atoms with Crippen molar-refractivity contribution >= 4 is 11.7 Å². The molecule has 0 aliphatic carbocycles. The molecule has 1 atom stereocenters. The molecule has 1 aromatic carbocycles. The lowest BCUT2D eigenvalue weighted by atomic mass is 9.99. The second kappa shape index (κ2) is 7.23. The lowest BCUT2D eigenvalue weighted by Gasteiger charge is -2.31. The lowest BCUT2D eigenvalue weighted by molar-refractivity contribution is -0.125. The summed E-state index contributed by atoms with van der Waals surface area (Å²) < 4.78 is 5.30. The maximum Gasteiger partial charge on any atom is 0.225 e. The second-order valence-corrected chi connectivity index (χ2v) is 6.70. The Labute approximate surface area is 148 Å². The molecule has 1 aromatic heterocycles. The fourth-order valence-corrected chi connectivity index (χ4v) is 3.60. The molecule has 25 heavy (non-hydrogen) atoms. The zero-order chi connectivity index (χ0) is 17.1. The Morgan fingerprint density at radius 3 is 2.96 bits per heavy atom. The number of fused-ring (bicyclic) bond motifs is 1. The third-order valence-corrected chi connectivity index (χ3v) is 5.05. The molecule has 3 heterocycles. The molecule has 5 nitrogen and oxygen atoms in total. The average Bonchev–Trinajstić information content (AvgIpc) is 3.21. The molecule has 4 rings (SSSR count). The minimum Gasteiger partial charge on any atom is -0.381 e. The van der Waals surface area contributed by atoms with E-state index in [9.17, 15) is 4.79 Å². The Morgan fingerprint density at radius 1 is 1.24 bits per heavy atom. The van der Waals surface area contributed by atoms with E-state index in [1.165, 1.54) is 11.1 Å². The van der Waals surface area contributed by atoms with Crippen LogP contribution in [-0.4, -0.2) is 30.6 Å². The summed E-state index contributed by atoms with van der Waals surface area (Å²) in [6, 6.07) is 12.6. The number of ether oxygens (including phenoxy) is 1. The van der Waals surface area contributed by atoms with Gasteiger partial charge in [-0.2, -0.15) is 0 Å². The molecular weight excluding hydrogens is 314 g/mol. The van der Waals surface area contributed by atoms with Gasteiger partial charge in [-0.1, -0.05) is 30.3 Å². The van der Waals surface area contributed by atoms with E-state index < -0.39 is 0 Å². The molecule has 0 spiro atoms. The van der Waals surface area contributed by atoms with Crippen LogP contribution < -0.4 is 10.2 Å². The summed E-state index contributed by atoms with van der Waals surface area (Å²) >= 11 is 0. The van der Waals surface area contributed by atoms with Crippen LogP contribution >= 0.6 is 0 Å². The number of benzene rings is 1. The number of nitrogens with zero attached hydrogens (tertiary/aromatic N) is 2. The van der Waals surface area contributed by atoms with Crippen molar-refractivity contribution in [3.63, 3.8) is 0 Å². The van der Waals surface area contributed by atoms with Crippen LogP contribution in [0.3, 0.4) is 0 Å². The van der Waals surface area contributed by atoms with Crippen molar-refractivity contribution < 1.29 is 9.53 Å². The molecule has 1 N–H and O–H groups in total. The van der Waals surface area contributed by atoms with Gasteiger partial charge in [0.05, 0.1) is 12.5 Å². The lowest BCUT2D eigenvalue weighted by Crippen LogP contribution is -2.34. The summed E-state index contributed by atoms with van der Waals surface area (Å²) in [5, 5.41) is 3.05. The van der Waals surface area contributed by atoms with Gasteiger partial charge in [-0.25, -0.2) is 4.98 Å². The van der Waals surface area contributed by atoms with Gasteiger partial charge in [0, 0.05) is 38.0 Å². The zero-order valence-corrected chi connectivity index (χ0v) is 14.3. The fraction of sp³-hybridized carbons (Fsp3) is 0.400. The Kier molecular flexibility index (Phi) is 4.65. The first-order valence-corrected chi connectivity index (χ1v) is 8.92. The number of anilines is 1. The normalized spacial score (nSPS) is 19.5. The van der Waals surface area contributed by atoms with Gasteiger partial charge in [0.15, 0.2) is 0 Å². The van der Waals surface area contributed by atoms with Crippen LogP contribution in [-0.2, 0) is 29.0 Å². The summed E-state index contributed by atoms with van der Waals surface area (Å²) in [5.74, 6) is 1.04. The molecule has 130 valence electrons. The highest BCUT2D eigenvalue weighted by Gasteiger charge is 2.24. The highest BCUT2D eigenvalue weighted by atomic mass is 16.5. The van der Waals surface area contributed by atoms with Crippen molar-refractivity contribution in [2.45, 2.75) is 25.9 Å². The molecular formula is C20H23N3O2. The van der Waals surface area contributed by atoms with Crippen molar-refractivity contribution in [2.75, 3.05) is 24.7 Å². The average molecular weight is 337 g/mol. The van der Waals surface area contributed by atoms with E-state index in [1.807, 2.05) is 18.3 Å². The van der Waals surface area contributed by atoms with Crippen molar-refractivity contribution in [1.82, 2.24) is 10.3 Å². The van der Waals surface area contributed by atoms with E-state index in [4.69, 9.17) is 4.74 Å². The van der Waals surface area contributed by atoms with Gasteiger partial charge >= 0.3 is 0 Å². The van der Waals surface area contributed by atoms with Crippen LogP contribution in [0, 0.1) is 5.92 Å². The SMILES string of the molecule is O=C(NCc1cccnc1N1CCc2ccccc2C1)[C@H]1CCOC1. The summed E-state index contributed by atoms with van der Waals surface area (Å²) in [5.41, 5.74) is 3.84. The summed E-state index contributed by atoms with van der Waals surface area (Å²) in [4.78, 5) is 19.2. The number of hydrogen-bond donors (Lipinski definition) is 1. The van der Waals surface area contributed by atoms with Gasteiger partial charge in [0.1, 0.15) is 5.82 Å². The molecule has 1 fully saturated rings. The quantitative estimate of drug-likeness (QED) is 0.930. The van der Waals surface area contributed by atoms with E-state index in [-0.39, 0.29) is 11.8 Å². The van der Waals surface area contributed by atoms with Crippen LogP contribution in [0.1, 0.15) is 23.1 Å². The standard InChI is InChI=1S/C20H23N3O2/c24-20(18-8-11-25-14-18)22-12-16-6-3-9-21-19(16)23-10-7-15-4-1-2-5-17(15)13-23/h1-6,9,18H,7-8,10-14H2,(H,22,24)/t18-/m0/s1. The second-order valence-electron chi connectivity index (χ2n) is 6.70. The number of rotatable bonds is 4.